The number of hydrogen-bond donors (Lipinski definition) is 4. The number of anilines is 1. The minimum Gasteiger partial charge on any atom is -0.330 e. The lowest BCUT2D eigenvalue weighted by molar-refractivity contribution is -0.123. The highest BCUT2D eigenvalue weighted by Gasteiger charge is 2.55. The normalized spacial score (nSPS) is 18.5. The predicted octanol–water partition coefficient (Wildman–Crippen LogP) is 3.92. The summed E-state index contributed by atoms with van der Waals surface area (Å²) in [6.07, 6.45) is 5.91. The van der Waals surface area contributed by atoms with Gasteiger partial charge in [-0.15, -0.1) is 0 Å². The van der Waals surface area contributed by atoms with Crippen molar-refractivity contribution in [2.45, 2.75) is 63.3 Å². The highest BCUT2D eigenvalue weighted by molar-refractivity contribution is 5.93. The van der Waals surface area contributed by atoms with Crippen LogP contribution < -0.4 is 22.5 Å². The fraction of sp³-hybridized carbons (Fsp3) is 0.483. The second-order valence-corrected chi connectivity index (χ2v) is 10.2. The number of carbonyl (C=O) groups excluding carboxylic acids is 2. The van der Waals surface area contributed by atoms with Gasteiger partial charge in [0, 0.05) is 23.6 Å². The van der Waals surface area contributed by atoms with Crippen molar-refractivity contribution in [1.82, 2.24) is 4.98 Å². The van der Waals surface area contributed by atoms with Gasteiger partial charge >= 0.3 is 0 Å². The number of nitrogens with one attached hydrogen (secondary N) is 1. The Hall–Kier alpha value is -3.33. The molecule has 11 heteroatoms. The van der Waals surface area contributed by atoms with Crippen molar-refractivity contribution in [3.8, 4) is 11.8 Å². The van der Waals surface area contributed by atoms with Crippen LogP contribution in [0.25, 0.3) is 0 Å². The lowest BCUT2D eigenvalue weighted by Gasteiger charge is -2.17. The first-order chi connectivity index (χ1) is 19.1. The zero-order chi connectivity index (χ0) is 29.3. The quantitative estimate of drug-likeness (QED) is 0.119. The SMILES string of the molecule is NCCCCC(CCCC(=O)C1(N)CC1CCCN)C(=O)Nc1ccc(C#Cc2c(F)c(F)nc(F)c2F)cc1. The molecule has 3 rings (SSSR count). The number of aromatic nitrogens is 1. The van der Waals surface area contributed by atoms with Gasteiger partial charge in [0.25, 0.3) is 11.9 Å². The number of benzene rings is 1. The number of nitrogens with zero attached hydrogens (tertiary/aromatic N) is 1. The van der Waals surface area contributed by atoms with Crippen LogP contribution in [0.2, 0.25) is 0 Å². The van der Waals surface area contributed by atoms with E-state index in [9.17, 15) is 27.2 Å². The first kappa shape index (κ1) is 31.2. The number of Topliss-reactive ketones (excluding diaryl/α,β-unsaturated/α-hetero) is 1. The molecule has 1 amide bonds. The number of halogens is 4. The largest absolute Gasteiger partial charge is 0.330 e. The van der Waals surface area contributed by atoms with E-state index in [4.69, 9.17) is 17.2 Å². The maximum absolute atomic E-state index is 13.8. The molecule has 1 aromatic carbocycles. The zero-order valence-electron chi connectivity index (χ0n) is 22.2. The Morgan fingerprint density at radius 1 is 0.950 bits per heavy atom. The lowest BCUT2D eigenvalue weighted by atomic mass is 9.92. The summed E-state index contributed by atoms with van der Waals surface area (Å²) < 4.78 is 54.1. The van der Waals surface area contributed by atoms with E-state index in [0.717, 1.165) is 25.7 Å². The van der Waals surface area contributed by atoms with Gasteiger partial charge in [-0.25, -0.2) is 8.78 Å². The van der Waals surface area contributed by atoms with Crippen LogP contribution in [0, 0.1) is 47.2 Å². The van der Waals surface area contributed by atoms with Crippen LogP contribution in [0.1, 0.15) is 68.9 Å². The summed E-state index contributed by atoms with van der Waals surface area (Å²) in [4.78, 5) is 28.2. The Labute approximate surface area is 231 Å². The number of hydrogen-bond acceptors (Lipinski definition) is 6. The molecule has 1 fully saturated rings. The highest BCUT2D eigenvalue weighted by atomic mass is 19.2. The van der Waals surface area contributed by atoms with Crippen LogP contribution in [-0.2, 0) is 9.59 Å². The van der Waals surface area contributed by atoms with Gasteiger partial charge < -0.3 is 22.5 Å². The third-order valence-electron chi connectivity index (χ3n) is 7.24. The number of pyridine rings is 1. The second kappa shape index (κ2) is 14.3. The van der Waals surface area contributed by atoms with Crippen LogP contribution >= 0.6 is 0 Å². The summed E-state index contributed by atoms with van der Waals surface area (Å²) in [7, 11) is 0. The molecular weight excluding hydrogens is 526 g/mol. The third-order valence-corrected chi connectivity index (χ3v) is 7.24. The van der Waals surface area contributed by atoms with E-state index in [0.29, 0.717) is 56.4 Å². The molecule has 1 aromatic heterocycles. The van der Waals surface area contributed by atoms with Crippen molar-refractivity contribution in [2.24, 2.45) is 29.0 Å². The van der Waals surface area contributed by atoms with E-state index < -0.39 is 34.6 Å². The fourth-order valence-corrected chi connectivity index (χ4v) is 4.71. The minimum atomic E-state index is -1.78. The van der Waals surface area contributed by atoms with E-state index >= 15 is 0 Å². The van der Waals surface area contributed by atoms with Crippen molar-refractivity contribution in [1.29, 1.82) is 0 Å². The Kier molecular flexibility index (Phi) is 11.2. The summed E-state index contributed by atoms with van der Waals surface area (Å²) in [6.45, 7) is 1.09. The summed E-state index contributed by atoms with van der Waals surface area (Å²) >= 11 is 0. The monoisotopic (exact) mass is 561 g/mol. The predicted molar refractivity (Wildman–Crippen MR) is 144 cm³/mol. The van der Waals surface area contributed by atoms with E-state index in [1.54, 1.807) is 12.1 Å². The molecule has 3 atom stereocenters. The average molecular weight is 562 g/mol. The molecule has 0 saturated heterocycles. The first-order valence-corrected chi connectivity index (χ1v) is 13.5. The van der Waals surface area contributed by atoms with Crippen molar-refractivity contribution < 1.29 is 27.2 Å². The third kappa shape index (κ3) is 8.10. The molecule has 3 unspecified atom stereocenters. The molecule has 0 radical (unpaired) electrons. The van der Waals surface area contributed by atoms with Crippen LogP contribution in [0.5, 0.6) is 0 Å². The van der Waals surface area contributed by atoms with Crippen LogP contribution in [0.15, 0.2) is 24.3 Å². The molecule has 1 saturated carbocycles. The molecule has 0 aliphatic heterocycles. The molecule has 0 spiro atoms. The molecule has 0 bridgehead atoms. The number of carbonyl (C=O) groups is 2. The van der Waals surface area contributed by atoms with Crippen molar-refractivity contribution >= 4 is 17.4 Å². The van der Waals surface area contributed by atoms with Gasteiger partial charge in [0.2, 0.25) is 5.91 Å². The maximum atomic E-state index is 13.8. The number of amides is 1. The van der Waals surface area contributed by atoms with E-state index in [2.05, 4.69) is 22.1 Å². The van der Waals surface area contributed by atoms with Gasteiger partial charge in [-0.3, -0.25) is 9.59 Å². The second-order valence-electron chi connectivity index (χ2n) is 10.2. The smallest absolute Gasteiger partial charge is 0.253 e. The van der Waals surface area contributed by atoms with Crippen LogP contribution in [0.3, 0.4) is 0 Å². The average Bonchev–Trinajstić information content (AvgIpc) is 3.61. The molecule has 1 heterocycles. The maximum Gasteiger partial charge on any atom is 0.253 e. The Morgan fingerprint density at radius 3 is 2.20 bits per heavy atom. The van der Waals surface area contributed by atoms with Gasteiger partial charge in [-0.2, -0.15) is 13.8 Å². The van der Waals surface area contributed by atoms with Gasteiger partial charge in [0.05, 0.1) is 5.54 Å². The zero-order valence-corrected chi connectivity index (χ0v) is 22.2. The van der Waals surface area contributed by atoms with Gasteiger partial charge in [-0.05, 0) is 88.2 Å². The summed E-state index contributed by atoms with van der Waals surface area (Å²) in [5.74, 6) is -2.71. The molecule has 7 N–H and O–H groups in total. The topological polar surface area (TPSA) is 137 Å². The molecule has 216 valence electrons. The van der Waals surface area contributed by atoms with Gasteiger partial charge in [-0.1, -0.05) is 18.3 Å². The molecule has 7 nitrogen and oxygen atoms in total. The number of ketones is 1. The molecule has 1 aliphatic rings. The van der Waals surface area contributed by atoms with Crippen LogP contribution in [0.4, 0.5) is 23.2 Å². The molecular formula is C29H35F4N5O2. The molecule has 1 aliphatic carbocycles. The standard InChI is InChI=1S/C29H35F4N5O2/c30-24-22(25(31)27(33)38-26(24)32)14-11-18-9-12-21(13-10-18)37-28(40)19(5-1-2-15-34)6-3-8-23(39)29(36)17-20(29)7-4-16-35/h9-10,12-13,19-20H,1-8,15-17,34-36H2,(H,37,40). The van der Waals surface area contributed by atoms with Crippen LogP contribution in [-0.4, -0.2) is 35.3 Å². The van der Waals surface area contributed by atoms with Gasteiger partial charge in [0.15, 0.2) is 17.4 Å². The number of rotatable bonds is 14. The molecule has 2 aromatic rings. The number of unbranched alkanes of at least 4 members (excludes halogenated alkanes) is 1. The Bertz CT molecular complexity index is 1240. The fourth-order valence-electron chi connectivity index (χ4n) is 4.71. The van der Waals surface area contributed by atoms with E-state index in [1.807, 2.05) is 0 Å². The van der Waals surface area contributed by atoms with Crippen molar-refractivity contribution in [2.75, 3.05) is 18.4 Å². The Balaban J connectivity index is 1.58. The van der Waals surface area contributed by atoms with Crippen molar-refractivity contribution in [3.05, 3.63) is 58.9 Å². The first-order valence-electron chi connectivity index (χ1n) is 13.5. The molecule has 40 heavy (non-hydrogen) atoms. The summed E-state index contributed by atoms with van der Waals surface area (Å²) in [5, 5.41) is 2.85. The summed E-state index contributed by atoms with van der Waals surface area (Å²) in [5.41, 5.74) is 16.4. The van der Waals surface area contributed by atoms with Gasteiger partial charge in [0.1, 0.15) is 5.56 Å². The minimum absolute atomic E-state index is 0.0318. The summed E-state index contributed by atoms with van der Waals surface area (Å²) in [6, 6.07) is 6.09. The lowest BCUT2D eigenvalue weighted by Crippen LogP contribution is -2.35. The highest BCUT2D eigenvalue weighted by Crippen LogP contribution is 2.45. The van der Waals surface area contributed by atoms with E-state index in [-0.39, 0.29) is 23.5 Å². The Morgan fingerprint density at radius 2 is 1.57 bits per heavy atom. The van der Waals surface area contributed by atoms with E-state index in [1.165, 1.54) is 12.1 Å². The number of nitrogens with two attached hydrogens (primary N) is 3. The van der Waals surface area contributed by atoms with Crippen molar-refractivity contribution in [3.63, 3.8) is 0 Å².